The molecule has 0 radical (unpaired) electrons. The van der Waals surface area contributed by atoms with Crippen molar-refractivity contribution in [2.75, 3.05) is 6.54 Å². The van der Waals surface area contributed by atoms with E-state index in [-0.39, 0.29) is 18.0 Å². The normalized spacial score (nSPS) is 12.1. The van der Waals surface area contributed by atoms with Gasteiger partial charge in [0, 0.05) is 12.6 Å². The Morgan fingerprint density at radius 2 is 1.62 bits per heavy atom. The van der Waals surface area contributed by atoms with Crippen molar-refractivity contribution in [2.24, 2.45) is 5.92 Å². The zero-order chi connectivity index (χ0) is 15.8. The minimum atomic E-state index is -0.694. The molecule has 1 unspecified atom stereocenters. The van der Waals surface area contributed by atoms with E-state index >= 15 is 0 Å². The lowest BCUT2D eigenvalue weighted by molar-refractivity contribution is -0.123. The summed E-state index contributed by atoms with van der Waals surface area (Å²) in [7, 11) is 0. The van der Waals surface area contributed by atoms with E-state index in [0.717, 1.165) is 5.56 Å². The van der Waals surface area contributed by atoms with Crippen LogP contribution in [0.5, 0.6) is 0 Å². The summed E-state index contributed by atoms with van der Waals surface area (Å²) in [5, 5.41) is 8.32. The predicted octanol–water partition coefficient (Wildman–Crippen LogP) is 2.21. The van der Waals surface area contributed by atoms with E-state index in [2.05, 4.69) is 16.0 Å². The third-order valence-electron chi connectivity index (χ3n) is 2.77. The molecule has 0 bridgehead atoms. The Labute approximate surface area is 126 Å². The maximum Gasteiger partial charge on any atom is 0.315 e. The molecule has 0 aliphatic rings. The van der Waals surface area contributed by atoms with Gasteiger partial charge in [-0.3, -0.25) is 4.79 Å². The molecule has 1 rings (SSSR count). The molecule has 0 saturated carbocycles. The van der Waals surface area contributed by atoms with Gasteiger partial charge in [0.05, 0.1) is 0 Å². The molecule has 0 aliphatic carbocycles. The topological polar surface area (TPSA) is 70.2 Å². The van der Waals surface area contributed by atoms with Crippen LogP contribution in [0.25, 0.3) is 0 Å². The summed E-state index contributed by atoms with van der Waals surface area (Å²) in [5.41, 5.74) is 0.760. The smallest absolute Gasteiger partial charge is 0.315 e. The number of rotatable bonds is 6. The van der Waals surface area contributed by atoms with Crippen molar-refractivity contribution in [1.82, 2.24) is 16.0 Å². The van der Waals surface area contributed by atoms with Crippen LogP contribution in [0.3, 0.4) is 0 Å². The molecule has 1 aromatic carbocycles. The monoisotopic (exact) mass is 291 g/mol. The highest BCUT2D eigenvalue weighted by Gasteiger charge is 2.22. The van der Waals surface area contributed by atoms with Crippen LogP contribution in [-0.2, 0) is 4.79 Å². The second kappa shape index (κ2) is 8.29. The van der Waals surface area contributed by atoms with Crippen molar-refractivity contribution < 1.29 is 9.59 Å². The van der Waals surface area contributed by atoms with Gasteiger partial charge in [0.25, 0.3) is 0 Å². The standard InChI is InChI=1S/C16H25N3O2/c1-11(2)10-17-16(21)19-14(15(20)18-12(3)4)13-8-6-5-7-9-13/h5-9,11-12,14H,10H2,1-4H3,(H,18,20)(H2,17,19,21). The molecule has 1 atom stereocenters. The Morgan fingerprint density at radius 1 is 1.00 bits per heavy atom. The molecule has 0 spiro atoms. The van der Waals surface area contributed by atoms with Gasteiger partial charge in [-0.25, -0.2) is 4.79 Å². The molecular weight excluding hydrogens is 266 g/mol. The van der Waals surface area contributed by atoms with Crippen LogP contribution < -0.4 is 16.0 Å². The Kier molecular flexibility index (Phi) is 6.72. The Balaban J connectivity index is 2.78. The highest BCUT2D eigenvalue weighted by Crippen LogP contribution is 2.13. The van der Waals surface area contributed by atoms with Gasteiger partial charge in [0.15, 0.2) is 0 Å². The summed E-state index contributed by atoms with van der Waals surface area (Å²) in [6.45, 7) is 8.37. The second-order valence-corrected chi connectivity index (χ2v) is 5.76. The third kappa shape index (κ3) is 6.29. The SMILES string of the molecule is CC(C)CNC(=O)NC(C(=O)NC(C)C)c1ccccc1. The summed E-state index contributed by atoms with van der Waals surface area (Å²) < 4.78 is 0. The Hall–Kier alpha value is -2.04. The number of hydrogen-bond acceptors (Lipinski definition) is 2. The van der Waals surface area contributed by atoms with Crippen LogP contribution in [0.15, 0.2) is 30.3 Å². The van der Waals surface area contributed by atoms with Crippen molar-refractivity contribution in [3.05, 3.63) is 35.9 Å². The van der Waals surface area contributed by atoms with Gasteiger partial charge in [-0.05, 0) is 25.3 Å². The van der Waals surface area contributed by atoms with Gasteiger partial charge in [-0.1, -0.05) is 44.2 Å². The van der Waals surface area contributed by atoms with Gasteiger partial charge in [-0.2, -0.15) is 0 Å². The van der Waals surface area contributed by atoms with Crippen LogP contribution in [0.1, 0.15) is 39.3 Å². The largest absolute Gasteiger partial charge is 0.352 e. The molecule has 0 aliphatic heterocycles. The maximum absolute atomic E-state index is 12.3. The van der Waals surface area contributed by atoms with Crippen LogP contribution in [0.4, 0.5) is 4.79 Å². The first-order valence-corrected chi connectivity index (χ1v) is 7.29. The molecule has 0 heterocycles. The van der Waals surface area contributed by atoms with E-state index in [1.165, 1.54) is 0 Å². The summed E-state index contributed by atoms with van der Waals surface area (Å²) in [6, 6.07) is 8.21. The van der Waals surface area contributed by atoms with Gasteiger partial charge in [-0.15, -0.1) is 0 Å². The maximum atomic E-state index is 12.3. The molecule has 1 aromatic rings. The van der Waals surface area contributed by atoms with Crippen molar-refractivity contribution >= 4 is 11.9 Å². The van der Waals surface area contributed by atoms with E-state index in [1.54, 1.807) is 0 Å². The Bertz CT molecular complexity index is 458. The van der Waals surface area contributed by atoms with Crippen molar-refractivity contribution in [3.8, 4) is 0 Å². The van der Waals surface area contributed by atoms with Crippen molar-refractivity contribution in [2.45, 2.75) is 39.8 Å². The molecule has 116 valence electrons. The fourth-order valence-electron chi connectivity index (χ4n) is 1.79. The molecule has 3 N–H and O–H groups in total. The number of hydrogen-bond donors (Lipinski definition) is 3. The zero-order valence-electron chi connectivity index (χ0n) is 13.1. The number of benzene rings is 1. The van der Waals surface area contributed by atoms with E-state index in [4.69, 9.17) is 0 Å². The average Bonchev–Trinajstić information content (AvgIpc) is 2.42. The van der Waals surface area contributed by atoms with Crippen LogP contribution in [-0.4, -0.2) is 24.5 Å². The fraction of sp³-hybridized carbons (Fsp3) is 0.500. The molecular formula is C16H25N3O2. The lowest BCUT2D eigenvalue weighted by Gasteiger charge is -2.21. The molecule has 5 nitrogen and oxygen atoms in total. The van der Waals surface area contributed by atoms with Crippen molar-refractivity contribution in [1.29, 1.82) is 0 Å². The van der Waals surface area contributed by atoms with Gasteiger partial charge >= 0.3 is 6.03 Å². The highest BCUT2D eigenvalue weighted by atomic mass is 16.2. The molecule has 0 saturated heterocycles. The van der Waals surface area contributed by atoms with E-state index < -0.39 is 6.04 Å². The van der Waals surface area contributed by atoms with Crippen LogP contribution >= 0.6 is 0 Å². The highest BCUT2D eigenvalue weighted by molar-refractivity contribution is 5.88. The quantitative estimate of drug-likeness (QED) is 0.752. The number of carbonyl (C=O) groups excluding carboxylic acids is 2. The zero-order valence-corrected chi connectivity index (χ0v) is 13.1. The number of carbonyl (C=O) groups is 2. The van der Waals surface area contributed by atoms with Crippen LogP contribution in [0, 0.1) is 5.92 Å². The van der Waals surface area contributed by atoms with E-state index in [9.17, 15) is 9.59 Å². The summed E-state index contributed by atoms with van der Waals surface area (Å²) in [6.07, 6.45) is 0. The first-order chi connectivity index (χ1) is 9.90. The summed E-state index contributed by atoms with van der Waals surface area (Å²) >= 11 is 0. The van der Waals surface area contributed by atoms with E-state index in [0.29, 0.717) is 12.5 Å². The predicted molar refractivity (Wildman–Crippen MR) is 83.8 cm³/mol. The fourth-order valence-corrected chi connectivity index (χ4v) is 1.79. The van der Waals surface area contributed by atoms with E-state index in [1.807, 2.05) is 58.0 Å². The minimum absolute atomic E-state index is 0.0178. The second-order valence-electron chi connectivity index (χ2n) is 5.76. The minimum Gasteiger partial charge on any atom is -0.352 e. The summed E-state index contributed by atoms with van der Waals surface area (Å²) in [4.78, 5) is 24.2. The Morgan fingerprint density at radius 3 is 2.14 bits per heavy atom. The lowest BCUT2D eigenvalue weighted by Crippen LogP contribution is -2.46. The third-order valence-corrected chi connectivity index (χ3v) is 2.77. The molecule has 21 heavy (non-hydrogen) atoms. The summed E-state index contributed by atoms with van der Waals surface area (Å²) in [5.74, 6) is 0.145. The number of nitrogens with one attached hydrogen (secondary N) is 3. The molecule has 0 fully saturated rings. The van der Waals surface area contributed by atoms with Crippen LogP contribution in [0.2, 0.25) is 0 Å². The lowest BCUT2D eigenvalue weighted by atomic mass is 10.1. The average molecular weight is 291 g/mol. The first kappa shape index (κ1) is 17.0. The number of urea groups is 1. The van der Waals surface area contributed by atoms with Gasteiger partial charge in [0.2, 0.25) is 5.91 Å². The first-order valence-electron chi connectivity index (χ1n) is 7.29. The molecule has 5 heteroatoms. The molecule has 0 aromatic heterocycles. The van der Waals surface area contributed by atoms with Gasteiger partial charge < -0.3 is 16.0 Å². The van der Waals surface area contributed by atoms with Gasteiger partial charge in [0.1, 0.15) is 6.04 Å². The number of amides is 3. The molecule has 3 amide bonds. The van der Waals surface area contributed by atoms with Crippen molar-refractivity contribution in [3.63, 3.8) is 0 Å².